The van der Waals surface area contributed by atoms with E-state index in [1.165, 1.54) is 6.07 Å². The van der Waals surface area contributed by atoms with Crippen LogP contribution >= 0.6 is 11.6 Å². The molecule has 29 heavy (non-hydrogen) atoms. The molecule has 3 aromatic rings. The Morgan fingerprint density at radius 2 is 1.79 bits per heavy atom. The Hall–Kier alpha value is -2.82. The van der Waals surface area contributed by atoms with E-state index in [0.717, 1.165) is 29.9 Å². The van der Waals surface area contributed by atoms with Crippen LogP contribution in [-0.2, 0) is 6.61 Å². The summed E-state index contributed by atoms with van der Waals surface area (Å²) < 4.78 is 7.33. The standard InChI is InChI=1S/C24H25ClN2O2/c1-3-26(2)15-4-5-19-8-12-22(13-9-19)27-16-14-23(17-24(27)28)29-18-20-6-10-21(25)11-7-20/h4-14,16-17H,3,15,18H2,1-2H3/b5-4+. The van der Waals surface area contributed by atoms with Gasteiger partial charge >= 0.3 is 0 Å². The monoisotopic (exact) mass is 408 g/mol. The zero-order valence-electron chi connectivity index (χ0n) is 16.7. The SMILES string of the molecule is CCN(C)C/C=C/c1ccc(-n2ccc(OCc3ccc(Cl)cc3)cc2=O)cc1. The van der Waals surface area contributed by atoms with Gasteiger partial charge in [-0.05, 0) is 55.1 Å². The fraction of sp³-hybridized carbons (Fsp3) is 0.208. The lowest BCUT2D eigenvalue weighted by Crippen LogP contribution is -2.17. The molecule has 0 radical (unpaired) electrons. The van der Waals surface area contributed by atoms with Crippen LogP contribution in [0.1, 0.15) is 18.1 Å². The molecule has 0 aliphatic rings. The summed E-state index contributed by atoms with van der Waals surface area (Å²) in [6.45, 7) is 4.45. The third-order valence-corrected chi connectivity index (χ3v) is 4.90. The fourth-order valence-electron chi connectivity index (χ4n) is 2.76. The van der Waals surface area contributed by atoms with Gasteiger partial charge in [-0.3, -0.25) is 9.36 Å². The molecule has 5 heteroatoms. The number of ether oxygens (including phenoxy) is 1. The molecule has 0 unspecified atom stereocenters. The van der Waals surface area contributed by atoms with E-state index in [0.29, 0.717) is 17.4 Å². The highest BCUT2D eigenvalue weighted by molar-refractivity contribution is 6.30. The van der Waals surface area contributed by atoms with Gasteiger partial charge in [0.25, 0.3) is 5.56 Å². The van der Waals surface area contributed by atoms with Crippen molar-refractivity contribution in [3.63, 3.8) is 0 Å². The van der Waals surface area contributed by atoms with Gasteiger partial charge in [-0.15, -0.1) is 0 Å². The first-order chi connectivity index (χ1) is 14.0. The largest absolute Gasteiger partial charge is 0.489 e. The summed E-state index contributed by atoms with van der Waals surface area (Å²) in [6.07, 6.45) is 5.96. The molecule has 0 bridgehead atoms. The van der Waals surface area contributed by atoms with Gasteiger partial charge in [0, 0.05) is 29.5 Å². The molecular formula is C24H25ClN2O2. The maximum atomic E-state index is 12.5. The van der Waals surface area contributed by atoms with Gasteiger partial charge < -0.3 is 9.64 Å². The van der Waals surface area contributed by atoms with Crippen molar-refractivity contribution in [2.45, 2.75) is 13.5 Å². The van der Waals surface area contributed by atoms with Crippen molar-refractivity contribution in [1.82, 2.24) is 9.47 Å². The summed E-state index contributed by atoms with van der Waals surface area (Å²) in [5, 5.41) is 0.686. The van der Waals surface area contributed by atoms with E-state index in [-0.39, 0.29) is 5.56 Å². The minimum absolute atomic E-state index is 0.133. The van der Waals surface area contributed by atoms with Gasteiger partial charge in [0.1, 0.15) is 12.4 Å². The van der Waals surface area contributed by atoms with E-state index in [1.54, 1.807) is 16.8 Å². The molecule has 4 nitrogen and oxygen atoms in total. The van der Waals surface area contributed by atoms with Crippen LogP contribution in [0, 0.1) is 0 Å². The molecule has 2 aromatic carbocycles. The highest BCUT2D eigenvalue weighted by atomic mass is 35.5. The maximum Gasteiger partial charge on any atom is 0.258 e. The molecule has 0 saturated heterocycles. The molecule has 0 N–H and O–H groups in total. The highest BCUT2D eigenvalue weighted by Crippen LogP contribution is 2.15. The molecule has 1 heterocycles. The number of halogens is 1. The summed E-state index contributed by atoms with van der Waals surface area (Å²) in [7, 11) is 2.09. The average molecular weight is 409 g/mol. The molecule has 0 atom stereocenters. The minimum Gasteiger partial charge on any atom is -0.489 e. The third-order valence-electron chi connectivity index (χ3n) is 4.65. The third kappa shape index (κ3) is 6.08. The normalized spacial score (nSPS) is 11.3. The summed E-state index contributed by atoms with van der Waals surface area (Å²) in [4.78, 5) is 14.7. The number of likely N-dealkylation sites (N-methyl/N-ethyl adjacent to an activating group) is 1. The quantitative estimate of drug-likeness (QED) is 0.524. The molecular weight excluding hydrogens is 384 g/mol. The molecule has 0 fully saturated rings. The Morgan fingerprint density at radius 3 is 2.45 bits per heavy atom. The summed E-state index contributed by atoms with van der Waals surface area (Å²) in [6, 6.07) is 18.6. The molecule has 0 aliphatic carbocycles. The van der Waals surface area contributed by atoms with Crippen molar-refractivity contribution >= 4 is 17.7 Å². The number of pyridine rings is 1. The Morgan fingerprint density at radius 1 is 1.07 bits per heavy atom. The zero-order chi connectivity index (χ0) is 20.6. The van der Waals surface area contributed by atoms with Crippen LogP contribution in [0.3, 0.4) is 0 Å². The second-order valence-corrected chi connectivity index (χ2v) is 7.27. The Bertz CT molecular complexity index is 1010. The highest BCUT2D eigenvalue weighted by Gasteiger charge is 2.03. The van der Waals surface area contributed by atoms with E-state index in [1.807, 2.05) is 48.5 Å². The van der Waals surface area contributed by atoms with Gasteiger partial charge in [0.2, 0.25) is 0 Å². The molecule has 0 saturated carbocycles. The molecule has 150 valence electrons. The van der Waals surface area contributed by atoms with Crippen molar-refractivity contribution in [3.05, 3.63) is 99.4 Å². The number of aromatic nitrogens is 1. The van der Waals surface area contributed by atoms with E-state index < -0.39 is 0 Å². The predicted molar refractivity (Wildman–Crippen MR) is 120 cm³/mol. The second kappa shape index (κ2) is 10.1. The van der Waals surface area contributed by atoms with Gasteiger partial charge in [0.05, 0.1) is 0 Å². The number of hydrogen-bond donors (Lipinski definition) is 0. The lowest BCUT2D eigenvalue weighted by molar-refractivity contribution is 0.305. The van der Waals surface area contributed by atoms with E-state index in [2.05, 4.69) is 31.0 Å². The average Bonchev–Trinajstić information content (AvgIpc) is 2.74. The minimum atomic E-state index is -0.133. The number of benzene rings is 2. The molecule has 0 spiro atoms. The van der Waals surface area contributed by atoms with Crippen molar-refractivity contribution in [3.8, 4) is 11.4 Å². The van der Waals surface area contributed by atoms with E-state index >= 15 is 0 Å². The van der Waals surface area contributed by atoms with Crippen LogP contribution < -0.4 is 10.3 Å². The first-order valence-electron chi connectivity index (χ1n) is 9.60. The van der Waals surface area contributed by atoms with Gasteiger partial charge in [0.15, 0.2) is 0 Å². The summed E-state index contributed by atoms with van der Waals surface area (Å²) in [5.74, 6) is 0.542. The fourth-order valence-corrected chi connectivity index (χ4v) is 2.88. The summed E-state index contributed by atoms with van der Waals surface area (Å²) in [5.41, 5.74) is 2.79. The number of rotatable bonds is 8. The molecule has 1 aromatic heterocycles. The zero-order valence-corrected chi connectivity index (χ0v) is 17.5. The number of nitrogens with zero attached hydrogens (tertiary/aromatic N) is 2. The number of hydrogen-bond acceptors (Lipinski definition) is 3. The van der Waals surface area contributed by atoms with Crippen molar-refractivity contribution in [2.75, 3.05) is 20.1 Å². The first-order valence-corrected chi connectivity index (χ1v) is 9.98. The lowest BCUT2D eigenvalue weighted by atomic mass is 10.2. The van der Waals surface area contributed by atoms with Crippen LogP contribution in [0.15, 0.2) is 77.7 Å². The van der Waals surface area contributed by atoms with Gasteiger partial charge in [-0.1, -0.05) is 54.9 Å². The maximum absolute atomic E-state index is 12.5. The van der Waals surface area contributed by atoms with Gasteiger partial charge in [-0.25, -0.2) is 0 Å². The van der Waals surface area contributed by atoms with Crippen molar-refractivity contribution in [2.24, 2.45) is 0 Å². The van der Waals surface area contributed by atoms with Crippen molar-refractivity contribution in [1.29, 1.82) is 0 Å². The smallest absolute Gasteiger partial charge is 0.258 e. The van der Waals surface area contributed by atoms with E-state index in [9.17, 15) is 4.79 Å². The van der Waals surface area contributed by atoms with Crippen LogP contribution in [0.2, 0.25) is 5.02 Å². The summed E-state index contributed by atoms with van der Waals surface area (Å²) >= 11 is 5.89. The first kappa shape index (κ1) is 20.9. The second-order valence-electron chi connectivity index (χ2n) is 6.83. The Labute approximate surface area is 176 Å². The Kier molecular flexibility index (Phi) is 7.28. The topological polar surface area (TPSA) is 34.5 Å². The van der Waals surface area contributed by atoms with E-state index in [4.69, 9.17) is 16.3 Å². The van der Waals surface area contributed by atoms with Crippen LogP contribution in [0.4, 0.5) is 0 Å². The van der Waals surface area contributed by atoms with Crippen LogP contribution in [-0.4, -0.2) is 29.6 Å². The predicted octanol–water partition coefficient (Wildman–Crippen LogP) is 5.03. The van der Waals surface area contributed by atoms with Crippen LogP contribution in [0.5, 0.6) is 5.75 Å². The molecule has 0 aliphatic heterocycles. The Balaban J connectivity index is 1.65. The lowest BCUT2D eigenvalue weighted by Gasteiger charge is -2.10. The van der Waals surface area contributed by atoms with Crippen LogP contribution in [0.25, 0.3) is 11.8 Å². The molecule has 0 amide bonds. The molecule has 3 rings (SSSR count). The van der Waals surface area contributed by atoms with Crippen molar-refractivity contribution < 1.29 is 4.74 Å². The van der Waals surface area contributed by atoms with Gasteiger partial charge in [-0.2, -0.15) is 0 Å².